The largest absolute Gasteiger partial charge is 0.389 e. The summed E-state index contributed by atoms with van der Waals surface area (Å²) in [5, 5.41) is 10.8. The highest BCUT2D eigenvalue weighted by molar-refractivity contribution is 5.89. The van der Waals surface area contributed by atoms with Crippen LogP contribution in [-0.4, -0.2) is 57.8 Å². The highest BCUT2D eigenvalue weighted by atomic mass is 19.1. The van der Waals surface area contributed by atoms with Crippen molar-refractivity contribution < 1.29 is 9.50 Å². The molecule has 1 unspecified atom stereocenters. The Morgan fingerprint density at radius 1 is 1.30 bits per heavy atom. The van der Waals surface area contributed by atoms with Gasteiger partial charge >= 0.3 is 0 Å². The first kappa shape index (κ1) is 16.1. The second-order valence-electron chi connectivity index (χ2n) is 6.91. The van der Waals surface area contributed by atoms with Gasteiger partial charge in [0, 0.05) is 37.6 Å². The molecule has 2 heterocycles. The lowest BCUT2D eigenvalue weighted by molar-refractivity contribution is 0.0201. The second kappa shape index (κ2) is 6.02. The van der Waals surface area contributed by atoms with E-state index in [2.05, 4.69) is 26.7 Å². The lowest BCUT2D eigenvalue weighted by Gasteiger charge is -2.42. The molecule has 1 aliphatic rings. The van der Waals surface area contributed by atoms with Gasteiger partial charge < -0.3 is 10.0 Å². The first-order valence-electron chi connectivity index (χ1n) is 7.96. The number of benzene rings is 1. The van der Waals surface area contributed by atoms with E-state index in [4.69, 9.17) is 0 Å². The normalized spacial score (nSPS) is 20.2. The highest BCUT2D eigenvalue weighted by Gasteiger charge is 2.29. The number of aliphatic hydroxyl groups is 1. The topological polar surface area (TPSA) is 52.5 Å². The molecule has 1 aromatic carbocycles. The highest BCUT2D eigenvalue weighted by Crippen LogP contribution is 2.26. The molecule has 1 aromatic heterocycles. The van der Waals surface area contributed by atoms with Gasteiger partial charge in [0.2, 0.25) is 0 Å². The summed E-state index contributed by atoms with van der Waals surface area (Å²) >= 11 is 0. The number of hydrogen-bond acceptors (Lipinski definition) is 5. The van der Waals surface area contributed by atoms with E-state index < -0.39 is 5.60 Å². The van der Waals surface area contributed by atoms with Gasteiger partial charge in [0.15, 0.2) is 0 Å². The molecular formula is C17H23FN4O. The molecule has 0 radical (unpaired) electrons. The minimum Gasteiger partial charge on any atom is -0.389 e. The van der Waals surface area contributed by atoms with Gasteiger partial charge in [0.05, 0.1) is 5.60 Å². The van der Waals surface area contributed by atoms with Crippen molar-refractivity contribution in [1.82, 2.24) is 14.9 Å². The summed E-state index contributed by atoms with van der Waals surface area (Å²) in [6.07, 6.45) is 1.43. The maximum Gasteiger partial charge on any atom is 0.149 e. The smallest absolute Gasteiger partial charge is 0.149 e. The number of nitrogens with zero attached hydrogens (tertiary/aromatic N) is 4. The first-order chi connectivity index (χ1) is 10.8. The predicted molar refractivity (Wildman–Crippen MR) is 89.0 cm³/mol. The molecule has 1 fully saturated rings. The lowest BCUT2D eigenvalue weighted by atomic mass is 10.1. The molecule has 0 bridgehead atoms. The number of piperazine rings is 1. The number of rotatable bonds is 3. The molecule has 2 aromatic rings. The van der Waals surface area contributed by atoms with Gasteiger partial charge in [-0.2, -0.15) is 0 Å². The van der Waals surface area contributed by atoms with Crippen LogP contribution >= 0.6 is 0 Å². The third-order valence-corrected chi connectivity index (χ3v) is 4.25. The van der Waals surface area contributed by atoms with Crippen LogP contribution in [-0.2, 0) is 0 Å². The third kappa shape index (κ3) is 3.43. The maximum absolute atomic E-state index is 13.9. The molecule has 5 nitrogen and oxygen atoms in total. The minimum absolute atomic E-state index is 0.286. The number of β-amino-alcohol motifs (C(OH)–C–C–N with tert-alkyl or cyclic N) is 1. The van der Waals surface area contributed by atoms with Crippen molar-refractivity contribution in [3.05, 3.63) is 30.3 Å². The fourth-order valence-electron chi connectivity index (χ4n) is 3.21. The molecule has 0 amide bonds. The van der Waals surface area contributed by atoms with E-state index in [-0.39, 0.29) is 11.9 Å². The molecule has 1 atom stereocenters. The molecule has 0 saturated carbocycles. The standard InChI is InChI=1S/C17H23FN4O/c1-12-9-21(7-8-22(12)10-17(2,3)23)16-13-5-4-6-14(18)15(13)19-11-20-16/h4-6,11-12,23H,7-10H2,1-3H3. The summed E-state index contributed by atoms with van der Waals surface area (Å²) in [5.74, 6) is 0.462. The number of fused-ring (bicyclic) bond motifs is 1. The van der Waals surface area contributed by atoms with Gasteiger partial charge in [-0.05, 0) is 32.9 Å². The summed E-state index contributed by atoms with van der Waals surface area (Å²) in [6, 6.07) is 5.26. The fourth-order valence-corrected chi connectivity index (χ4v) is 3.21. The zero-order chi connectivity index (χ0) is 16.6. The Morgan fingerprint density at radius 2 is 2.09 bits per heavy atom. The lowest BCUT2D eigenvalue weighted by Crippen LogP contribution is -2.55. The summed E-state index contributed by atoms with van der Waals surface area (Å²) in [5.41, 5.74) is -0.342. The van der Waals surface area contributed by atoms with Gasteiger partial charge in [-0.1, -0.05) is 6.07 Å². The quantitative estimate of drug-likeness (QED) is 0.939. The van der Waals surface area contributed by atoms with Crippen molar-refractivity contribution in [2.45, 2.75) is 32.4 Å². The zero-order valence-corrected chi connectivity index (χ0v) is 13.8. The van der Waals surface area contributed by atoms with E-state index in [1.54, 1.807) is 6.07 Å². The summed E-state index contributed by atoms with van der Waals surface area (Å²) in [7, 11) is 0. The van der Waals surface area contributed by atoms with E-state index in [1.165, 1.54) is 12.4 Å². The summed E-state index contributed by atoms with van der Waals surface area (Å²) < 4.78 is 13.9. The molecule has 0 spiro atoms. The van der Waals surface area contributed by atoms with Gasteiger partial charge in [0.25, 0.3) is 0 Å². The van der Waals surface area contributed by atoms with Crippen LogP contribution in [0.15, 0.2) is 24.5 Å². The van der Waals surface area contributed by atoms with E-state index in [0.29, 0.717) is 12.1 Å². The van der Waals surface area contributed by atoms with Crippen LogP contribution in [0.5, 0.6) is 0 Å². The molecule has 1 aliphatic heterocycles. The average Bonchev–Trinajstić information content (AvgIpc) is 2.48. The monoisotopic (exact) mass is 318 g/mol. The zero-order valence-electron chi connectivity index (χ0n) is 13.8. The number of halogens is 1. The van der Waals surface area contributed by atoms with Crippen LogP contribution in [0.2, 0.25) is 0 Å². The maximum atomic E-state index is 13.9. The number of para-hydroxylation sites is 1. The van der Waals surface area contributed by atoms with Crippen molar-refractivity contribution in [1.29, 1.82) is 0 Å². The van der Waals surface area contributed by atoms with Crippen LogP contribution < -0.4 is 4.90 Å². The molecule has 1 saturated heterocycles. The van der Waals surface area contributed by atoms with Crippen LogP contribution in [0.25, 0.3) is 10.9 Å². The molecule has 6 heteroatoms. The Hall–Kier alpha value is -1.79. The third-order valence-electron chi connectivity index (χ3n) is 4.25. The molecule has 124 valence electrons. The van der Waals surface area contributed by atoms with Crippen molar-refractivity contribution in [3.63, 3.8) is 0 Å². The number of hydrogen-bond donors (Lipinski definition) is 1. The Labute approximate surface area is 135 Å². The molecule has 3 rings (SSSR count). The number of aromatic nitrogens is 2. The molecular weight excluding hydrogens is 295 g/mol. The van der Waals surface area contributed by atoms with Crippen LogP contribution in [0.3, 0.4) is 0 Å². The fraction of sp³-hybridized carbons (Fsp3) is 0.529. The van der Waals surface area contributed by atoms with E-state index in [0.717, 1.165) is 30.8 Å². The second-order valence-corrected chi connectivity index (χ2v) is 6.91. The van der Waals surface area contributed by atoms with Gasteiger partial charge in [-0.25, -0.2) is 14.4 Å². The molecule has 1 N–H and O–H groups in total. The molecule has 23 heavy (non-hydrogen) atoms. The predicted octanol–water partition coefficient (Wildman–Crippen LogP) is 2.05. The Balaban J connectivity index is 1.84. The van der Waals surface area contributed by atoms with Crippen LogP contribution in [0, 0.1) is 5.82 Å². The van der Waals surface area contributed by atoms with Crippen LogP contribution in [0.4, 0.5) is 10.2 Å². The van der Waals surface area contributed by atoms with E-state index in [9.17, 15) is 9.50 Å². The van der Waals surface area contributed by atoms with Crippen molar-refractivity contribution >= 4 is 16.7 Å². The van der Waals surface area contributed by atoms with Gasteiger partial charge in [-0.3, -0.25) is 4.90 Å². The van der Waals surface area contributed by atoms with Crippen molar-refractivity contribution in [2.75, 3.05) is 31.1 Å². The van der Waals surface area contributed by atoms with Gasteiger partial charge in [0.1, 0.15) is 23.5 Å². The Bertz CT molecular complexity index is 701. The first-order valence-corrected chi connectivity index (χ1v) is 7.96. The van der Waals surface area contributed by atoms with Crippen LogP contribution in [0.1, 0.15) is 20.8 Å². The minimum atomic E-state index is -0.707. The van der Waals surface area contributed by atoms with Crippen molar-refractivity contribution in [2.24, 2.45) is 0 Å². The van der Waals surface area contributed by atoms with Gasteiger partial charge in [-0.15, -0.1) is 0 Å². The Morgan fingerprint density at radius 3 is 2.78 bits per heavy atom. The SMILES string of the molecule is CC1CN(c2ncnc3c(F)cccc23)CCN1CC(C)(C)O. The average molecular weight is 318 g/mol. The summed E-state index contributed by atoms with van der Waals surface area (Å²) in [6.45, 7) is 8.86. The van der Waals surface area contributed by atoms with E-state index in [1.807, 2.05) is 19.9 Å². The van der Waals surface area contributed by atoms with Crippen molar-refractivity contribution in [3.8, 4) is 0 Å². The number of anilines is 1. The molecule has 0 aliphatic carbocycles. The summed E-state index contributed by atoms with van der Waals surface area (Å²) in [4.78, 5) is 12.9. The Kier molecular flexibility index (Phi) is 4.21. The van der Waals surface area contributed by atoms with E-state index >= 15 is 0 Å².